The van der Waals surface area contributed by atoms with Gasteiger partial charge in [-0.05, 0) is 18.3 Å². The number of hydrogen-bond donors (Lipinski definition) is 0. The van der Waals surface area contributed by atoms with Gasteiger partial charge in [-0.1, -0.05) is 26.8 Å². The van der Waals surface area contributed by atoms with Crippen molar-refractivity contribution in [3.8, 4) is 0 Å². The van der Waals surface area contributed by atoms with E-state index >= 15 is 0 Å². The number of hydrogen-bond acceptors (Lipinski definition) is 1. The Hall–Kier alpha value is -0.460. The fourth-order valence-electron chi connectivity index (χ4n) is 3.06. The molecular formula is C11H18O. The first-order chi connectivity index (χ1) is 5.72. The van der Waals surface area contributed by atoms with E-state index in [0.29, 0.717) is 6.10 Å². The average Bonchev–Trinajstić information content (AvgIpc) is 2.43. The molecule has 4 atom stereocenters. The summed E-state index contributed by atoms with van der Waals surface area (Å²) < 4.78 is 5.69. The molecule has 1 nitrogen and oxygen atoms in total. The van der Waals surface area contributed by atoms with Crippen LogP contribution in [0.5, 0.6) is 0 Å². The van der Waals surface area contributed by atoms with E-state index in [0.717, 1.165) is 29.9 Å². The van der Waals surface area contributed by atoms with Gasteiger partial charge in [0, 0.05) is 12.3 Å². The van der Waals surface area contributed by atoms with Crippen molar-refractivity contribution in [3.05, 3.63) is 12.3 Å². The van der Waals surface area contributed by atoms with Crippen LogP contribution in [0.25, 0.3) is 0 Å². The second-order valence-corrected chi connectivity index (χ2v) is 4.35. The molecule has 12 heavy (non-hydrogen) atoms. The molecule has 0 bridgehead atoms. The summed E-state index contributed by atoms with van der Waals surface area (Å²) in [5.74, 6) is 3.56. The lowest BCUT2D eigenvalue weighted by atomic mass is 9.86. The van der Waals surface area contributed by atoms with E-state index in [1.54, 1.807) is 0 Å². The lowest BCUT2D eigenvalue weighted by molar-refractivity contribution is 0.141. The van der Waals surface area contributed by atoms with Gasteiger partial charge in [0.2, 0.25) is 0 Å². The van der Waals surface area contributed by atoms with Gasteiger partial charge in [0.1, 0.15) is 6.10 Å². The molecule has 1 aliphatic heterocycles. The molecule has 1 saturated heterocycles. The van der Waals surface area contributed by atoms with Crippen molar-refractivity contribution < 1.29 is 4.74 Å². The van der Waals surface area contributed by atoms with Crippen LogP contribution in [-0.4, -0.2) is 6.10 Å². The average molecular weight is 166 g/mol. The molecule has 0 N–H and O–H groups in total. The summed E-state index contributed by atoms with van der Waals surface area (Å²) in [6, 6.07) is 0. The molecule has 1 heterocycles. The van der Waals surface area contributed by atoms with Crippen molar-refractivity contribution in [3.63, 3.8) is 0 Å². The summed E-state index contributed by atoms with van der Waals surface area (Å²) in [6.45, 7) is 8.56. The Balaban J connectivity index is 2.11. The molecule has 1 heteroatoms. The minimum absolute atomic E-state index is 0.512. The molecular weight excluding hydrogens is 148 g/mol. The minimum Gasteiger partial charge on any atom is -0.495 e. The van der Waals surface area contributed by atoms with E-state index in [1.807, 2.05) is 0 Å². The molecule has 0 radical (unpaired) electrons. The van der Waals surface area contributed by atoms with Gasteiger partial charge in [-0.3, -0.25) is 0 Å². The van der Waals surface area contributed by atoms with E-state index < -0.39 is 0 Å². The molecule has 2 aliphatic rings. The first-order valence-corrected chi connectivity index (χ1v) is 5.06. The van der Waals surface area contributed by atoms with Crippen LogP contribution in [0.15, 0.2) is 12.3 Å². The Labute approximate surface area is 74.8 Å². The third-order valence-electron chi connectivity index (χ3n) is 3.62. The van der Waals surface area contributed by atoms with Crippen molar-refractivity contribution in [2.45, 2.75) is 39.2 Å². The van der Waals surface area contributed by atoms with Gasteiger partial charge >= 0.3 is 0 Å². The highest BCUT2D eigenvalue weighted by Gasteiger charge is 2.45. The van der Waals surface area contributed by atoms with Gasteiger partial charge in [-0.25, -0.2) is 0 Å². The number of rotatable bonds is 1. The van der Waals surface area contributed by atoms with Crippen molar-refractivity contribution >= 4 is 0 Å². The van der Waals surface area contributed by atoms with Crippen LogP contribution in [0.3, 0.4) is 0 Å². The van der Waals surface area contributed by atoms with Crippen LogP contribution in [0.1, 0.15) is 33.1 Å². The predicted molar refractivity (Wildman–Crippen MR) is 49.7 cm³/mol. The highest BCUT2D eigenvalue weighted by Crippen LogP contribution is 2.48. The van der Waals surface area contributed by atoms with Crippen LogP contribution < -0.4 is 0 Å². The maximum absolute atomic E-state index is 5.69. The summed E-state index contributed by atoms with van der Waals surface area (Å²) in [7, 11) is 0. The van der Waals surface area contributed by atoms with E-state index in [4.69, 9.17) is 4.74 Å². The van der Waals surface area contributed by atoms with Gasteiger partial charge < -0.3 is 4.74 Å². The van der Waals surface area contributed by atoms with Crippen molar-refractivity contribution in [1.82, 2.24) is 0 Å². The third-order valence-corrected chi connectivity index (χ3v) is 3.62. The van der Waals surface area contributed by atoms with Crippen LogP contribution in [0.4, 0.5) is 0 Å². The molecule has 0 unspecified atom stereocenters. The number of fused-ring (bicyclic) bond motifs is 1. The van der Waals surface area contributed by atoms with Gasteiger partial charge in [0.05, 0.1) is 5.76 Å². The smallest absolute Gasteiger partial charge is 0.102 e. The SMILES string of the molecule is C=C1C[C@H]2[C@H](CC)[C@@H](C)C[C@H]2O1. The van der Waals surface area contributed by atoms with E-state index in [1.165, 1.54) is 12.8 Å². The topological polar surface area (TPSA) is 9.23 Å². The highest BCUT2D eigenvalue weighted by molar-refractivity contribution is 5.03. The second-order valence-electron chi connectivity index (χ2n) is 4.35. The normalized spacial score (nSPS) is 46.0. The Morgan fingerprint density at radius 2 is 2.33 bits per heavy atom. The molecule has 1 saturated carbocycles. The van der Waals surface area contributed by atoms with E-state index in [-0.39, 0.29) is 0 Å². The van der Waals surface area contributed by atoms with Crippen LogP contribution in [-0.2, 0) is 4.74 Å². The van der Waals surface area contributed by atoms with Gasteiger partial charge in [0.15, 0.2) is 0 Å². The maximum Gasteiger partial charge on any atom is 0.102 e. The summed E-state index contributed by atoms with van der Waals surface area (Å²) in [4.78, 5) is 0. The molecule has 68 valence electrons. The first-order valence-electron chi connectivity index (χ1n) is 5.06. The molecule has 0 aromatic carbocycles. The lowest BCUT2D eigenvalue weighted by Crippen LogP contribution is -2.14. The molecule has 0 spiro atoms. The quantitative estimate of drug-likeness (QED) is 0.582. The summed E-state index contributed by atoms with van der Waals surface area (Å²) in [5.41, 5.74) is 0. The summed E-state index contributed by atoms with van der Waals surface area (Å²) in [5, 5.41) is 0. The van der Waals surface area contributed by atoms with Gasteiger partial charge in [-0.15, -0.1) is 0 Å². The fourth-order valence-corrected chi connectivity index (χ4v) is 3.06. The molecule has 0 aromatic rings. The van der Waals surface area contributed by atoms with E-state index in [2.05, 4.69) is 20.4 Å². The predicted octanol–water partition coefficient (Wildman–Crippen LogP) is 2.97. The Morgan fingerprint density at radius 3 is 3.00 bits per heavy atom. The zero-order chi connectivity index (χ0) is 8.72. The van der Waals surface area contributed by atoms with E-state index in [9.17, 15) is 0 Å². The molecule has 2 fully saturated rings. The zero-order valence-corrected chi connectivity index (χ0v) is 8.05. The highest BCUT2D eigenvalue weighted by atomic mass is 16.5. The number of ether oxygens (including phenoxy) is 1. The molecule has 2 rings (SSSR count). The lowest BCUT2D eigenvalue weighted by Gasteiger charge is -2.17. The van der Waals surface area contributed by atoms with Crippen molar-refractivity contribution in [2.75, 3.05) is 0 Å². The van der Waals surface area contributed by atoms with Crippen LogP contribution in [0, 0.1) is 17.8 Å². The van der Waals surface area contributed by atoms with Crippen molar-refractivity contribution in [2.24, 2.45) is 17.8 Å². The summed E-state index contributed by atoms with van der Waals surface area (Å²) in [6.07, 6.45) is 4.19. The maximum atomic E-state index is 5.69. The second kappa shape index (κ2) is 2.79. The van der Waals surface area contributed by atoms with Gasteiger partial charge in [-0.2, -0.15) is 0 Å². The molecule has 0 aromatic heterocycles. The molecule has 1 aliphatic carbocycles. The Kier molecular flexibility index (Phi) is 1.90. The Bertz CT molecular complexity index is 197. The van der Waals surface area contributed by atoms with Gasteiger partial charge in [0.25, 0.3) is 0 Å². The van der Waals surface area contributed by atoms with Crippen LogP contribution >= 0.6 is 0 Å². The first kappa shape index (κ1) is 8.15. The number of allylic oxidation sites excluding steroid dienone is 1. The largest absolute Gasteiger partial charge is 0.495 e. The Morgan fingerprint density at radius 1 is 1.58 bits per heavy atom. The standard InChI is InChI=1S/C11H18O/c1-4-9-7(2)5-11-10(9)6-8(3)12-11/h7,9-11H,3-6H2,1-2H3/t7-,9+,10-,11+/m0/s1. The monoisotopic (exact) mass is 166 g/mol. The fraction of sp³-hybridized carbons (Fsp3) is 0.818. The molecule has 0 amide bonds. The summed E-state index contributed by atoms with van der Waals surface area (Å²) >= 11 is 0. The minimum atomic E-state index is 0.512. The third kappa shape index (κ3) is 1.07. The van der Waals surface area contributed by atoms with Crippen molar-refractivity contribution in [1.29, 1.82) is 0 Å². The van der Waals surface area contributed by atoms with Crippen LogP contribution in [0.2, 0.25) is 0 Å². The zero-order valence-electron chi connectivity index (χ0n) is 8.05.